The molecule has 0 aliphatic heterocycles. The Balaban J connectivity index is 2.26. The predicted molar refractivity (Wildman–Crippen MR) is 105 cm³/mol. The van der Waals surface area contributed by atoms with Gasteiger partial charge in [0.15, 0.2) is 0 Å². The summed E-state index contributed by atoms with van der Waals surface area (Å²) in [6, 6.07) is 7.78. The van der Waals surface area contributed by atoms with Gasteiger partial charge in [0.05, 0.1) is 16.2 Å². The molecule has 9 heteroatoms. The summed E-state index contributed by atoms with van der Waals surface area (Å²) >= 11 is 0. The minimum Gasteiger partial charge on any atom is -0.426 e. The third kappa shape index (κ3) is 6.75. The molecule has 1 aromatic heterocycles. The van der Waals surface area contributed by atoms with E-state index in [1.807, 2.05) is 13.8 Å². The lowest BCUT2D eigenvalue weighted by atomic mass is 9.75. The van der Waals surface area contributed by atoms with Crippen molar-refractivity contribution in [3.63, 3.8) is 0 Å². The molecule has 1 aromatic carbocycles. The van der Waals surface area contributed by atoms with Gasteiger partial charge in [-0.3, -0.25) is 14.6 Å². The lowest BCUT2D eigenvalue weighted by Gasteiger charge is -2.24. The van der Waals surface area contributed by atoms with Crippen molar-refractivity contribution in [1.82, 2.24) is 20.6 Å². The largest absolute Gasteiger partial charge is 0.475 e. The van der Waals surface area contributed by atoms with Crippen LogP contribution in [0.3, 0.4) is 0 Å². The van der Waals surface area contributed by atoms with Gasteiger partial charge in [0.2, 0.25) is 5.91 Å². The standard InChI is InChI=1S/C19H25BN4O4/c1-13(2)10-17(20(27)28)24-18(25)15(11-14-6-4-3-5-7-14)23-19(26)16-12-21-8-9-22-16/h3-9,12-13,15,17,27-28H,10-11H2,1-2H3,(H,23,26)(H,24,25)/t15-,17+/m1/s1/i8D,9D,12D. The van der Waals surface area contributed by atoms with Gasteiger partial charge < -0.3 is 20.7 Å². The number of nitrogens with one attached hydrogen (secondary N) is 2. The summed E-state index contributed by atoms with van der Waals surface area (Å²) in [6.07, 6.45) is -1.27. The number of hydrogen-bond donors (Lipinski definition) is 4. The summed E-state index contributed by atoms with van der Waals surface area (Å²) in [5.41, 5.74) is 0.264. The first-order chi connectivity index (χ1) is 14.6. The van der Waals surface area contributed by atoms with Crippen molar-refractivity contribution in [1.29, 1.82) is 0 Å². The van der Waals surface area contributed by atoms with Gasteiger partial charge in [0.25, 0.3) is 5.91 Å². The molecule has 2 amide bonds. The van der Waals surface area contributed by atoms with Crippen LogP contribution in [0.1, 0.15) is 40.4 Å². The second-order valence-electron chi connectivity index (χ2n) is 6.78. The van der Waals surface area contributed by atoms with Crippen LogP contribution < -0.4 is 10.6 Å². The lowest BCUT2D eigenvalue weighted by molar-refractivity contribution is -0.123. The first kappa shape index (κ1) is 17.3. The van der Waals surface area contributed by atoms with Gasteiger partial charge in [-0.2, -0.15) is 0 Å². The number of benzene rings is 1. The Labute approximate surface area is 168 Å². The highest BCUT2D eigenvalue weighted by Gasteiger charge is 2.30. The summed E-state index contributed by atoms with van der Waals surface area (Å²) in [5.74, 6) is -2.39. The Kier molecular flexibility index (Phi) is 6.52. The summed E-state index contributed by atoms with van der Waals surface area (Å²) in [4.78, 5) is 32.7. The van der Waals surface area contributed by atoms with Gasteiger partial charge in [-0.15, -0.1) is 0 Å². The van der Waals surface area contributed by atoms with Crippen LogP contribution in [0.5, 0.6) is 0 Å². The second kappa shape index (κ2) is 10.5. The normalized spacial score (nSPS) is 14.4. The van der Waals surface area contributed by atoms with Crippen LogP contribution >= 0.6 is 0 Å². The maximum Gasteiger partial charge on any atom is 0.475 e. The van der Waals surface area contributed by atoms with E-state index in [1.165, 1.54) is 0 Å². The first-order valence-electron chi connectivity index (χ1n) is 10.4. The van der Waals surface area contributed by atoms with Gasteiger partial charge in [-0.1, -0.05) is 44.2 Å². The SMILES string of the molecule is [2H]c1nc([2H])c(C(=O)N[C@H](Cc2ccccc2)C(=O)N[C@@H](CC(C)C)B(O)O)nc1[2H]. The third-order valence-electron chi connectivity index (χ3n) is 3.97. The fourth-order valence-electron chi connectivity index (χ4n) is 2.65. The maximum atomic E-state index is 12.9. The van der Waals surface area contributed by atoms with Gasteiger partial charge in [-0.05, 0) is 17.9 Å². The van der Waals surface area contributed by atoms with Crippen molar-refractivity contribution in [2.45, 2.75) is 38.7 Å². The van der Waals surface area contributed by atoms with Crippen molar-refractivity contribution < 1.29 is 23.7 Å². The van der Waals surface area contributed by atoms with Gasteiger partial charge in [0, 0.05) is 18.8 Å². The van der Waals surface area contributed by atoms with Gasteiger partial charge in [0.1, 0.15) is 11.7 Å². The molecule has 0 aliphatic carbocycles. The molecule has 2 atom stereocenters. The number of aromatic nitrogens is 2. The molecule has 28 heavy (non-hydrogen) atoms. The van der Waals surface area contributed by atoms with E-state index in [1.54, 1.807) is 30.3 Å². The molecule has 0 spiro atoms. The molecule has 8 nitrogen and oxygen atoms in total. The second-order valence-corrected chi connectivity index (χ2v) is 6.78. The van der Waals surface area contributed by atoms with E-state index in [4.69, 9.17) is 4.11 Å². The Morgan fingerprint density at radius 3 is 2.54 bits per heavy atom. The Bertz CT molecular complexity index is 919. The molecule has 0 bridgehead atoms. The molecule has 0 fully saturated rings. The average Bonchev–Trinajstić information content (AvgIpc) is 2.69. The minimum absolute atomic E-state index is 0.0780. The highest BCUT2D eigenvalue weighted by atomic mass is 16.4. The molecule has 0 unspecified atom stereocenters. The van der Waals surface area contributed by atoms with Crippen molar-refractivity contribution >= 4 is 18.9 Å². The Hall–Kier alpha value is -2.78. The quantitative estimate of drug-likeness (QED) is 0.461. The van der Waals surface area contributed by atoms with E-state index in [0.717, 1.165) is 5.56 Å². The van der Waals surface area contributed by atoms with E-state index in [2.05, 4.69) is 20.6 Å². The topological polar surface area (TPSA) is 124 Å². The summed E-state index contributed by atoms with van der Waals surface area (Å²) in [6.45, 7) is 3.74. The fourth-order valence-corrected chi connectivity index (χ4v) is 2.65. The van der Waals surface area contributed by atoms with Crippen LogP contribution in [-0.2, 0) is 11.2 Å². The molecule has 0 saturated carbocycles. The maximum absolute atomic E-state index is 12.9. The van der Waals surface area contributed by atoms with Crippen molar-refractivity contribution in [2.75, 3.05) is 0 Å². The summed E-state index contributed by atoms with van der Waals surface area (Å²) < 4.78 is 22.7. The van der Waals surface area contributed by atoms with Crippen molar-refractivity contribution in [3.8, 4) is 0 Å². The lowest BCUT2D eigenvalue weighted by Crippen LogP contribution is -2.55. The van der Waals surface area contributed by atoms with Crippen molar-refractivity contribution in [3.05, 3.63) is 60.1 Å². The molecule has 0 aliphatic rings. The zero-order chi connectivity index (χ0) is 23.1. The highest BCUT2D eigenvalue weighted by molar-refractivity contribution is 6.43. The molecule has 1 heterocycles. The predicted octanol–water partition coefficient (Wildman–Crippen LogP) is 0.361. The third-order valence-corrected chi connectivity index (χ3v) is 3.97. The molecule has 148 valence electrons. The van der Waals surface area contributed by atoms with Crippen LogP contribution in [0.25, 0.3) is 0 Å². The van der Waals surface area contributed by atoms with E-state index >= 15 is 0 Å². The van der Waals surface area contributed by atoms with Gasteiger partial charge in [-0.25, -0.2) is 4.98 Å². The zero-order valence-corrected chi connectivity index (χ0v) is 15.7. The zero-order valence-electron chi connectivity index (χ0n) is 18.7. The number of nitrogens with zero attached hydrogens (tertiary/aromatic N) is 2. The number of rotatable bonds is 9. The monoisotopic (exact) mass is 387 g/mol. The molecule has 0 radical (unpaired) electrons. The van der Waals surface area contributed by atoms with Gasteiger partial charge >= 0.3 is 7.12 Å². The molecule has 2 aromatic rings. The van der Waals surface area contributed by atoms with Crippen LogP contribution in [-0.4, -0.2) is 50.9 Å². The number of carbonyl (C=O) groups excluding carboxylic acids is 2. The number of amides is 2. The summed E-state index contributed by atoms with van der Waals surface area (Å²) in [5, 5.41) is 24.3. The molecule has 0 saturated heterocycles. The average molecular weight is 387 g/mol. The Morgan fingerprint density at radius 1 is 1.18 bits per heavy atom. The molecular formula is C19H25BN4O4. The van der Waals surface area contributed by atoms with Crippen LogP contribution in [0.15, 0.2) is 48.9 Å². The molecule has 2 rings (SSSR count). The Morgan fingerprint density at radius 2 is 1.89 bits per heavy atom. The number of hydrogen-bond acceptors (Lipinski definition) is 6. The fraction of sp³-hybridized carbons (Fsp3) is 0.368. The molecular weight excluding hydrogens is 359 g/mol. The van der Waals surface area contributed by atoms with Crippen LogP contribution in [0.2, 0.25) is 0 Å². The number of carbonyl (C=O) groups is 2. The smallest absolute Gasteiger partial charge is 0.426 e. The van der Waals surface area contributed by atoms with Crippen LogP contribution in [0, 0.1) is 5.92 Å². The van der Waals surface area contributed by atoms with Crippen LogP contribution in [0.4, 0.5) is 0 Å². The molecule has 4 N–H and O–H groups in total. The highest BCUT2D eigenvalue weighted by Crippen LogP contribution is 2.09. The summed E-state index contributed by atoms with van der Waals surface area (Å²) in [7, 11) is -1.78. The first-order valence-corrected chi connectivity index (χ1v) is 8.91. The van der Waals surface area contributed by atoms with E-state index in [-0.39, 0.29) is 12.3 Å². The van der Waals surface area contributed by atoms with E-state index in [9.17, 15) is 19.6 Å². The minimum atomic E-state index is -1.78. The van der Waals surface area contributed by atoms with E-state index in [0.29, 0.717) is 6.42 Å². The van der Waals surface area contributed by atoms with E-state index < -0.39 is 55.1 Å². The van der Waals surface area contributed by atoms with Crippen molar-refractivity contribution in [2.24, 2.45) is 5.92 Å².